The number of halogens is 2. The Kier molecular flexibility index (Phi) is 6.80. The third-order valence-electron chi connectivity index (χ3n) is 5.52. The Labute approximate surface area is 190 Å². The molecule has 2 heterocycles. The van der Waals surface area contributed by atoms with Crippen LogP contribution in [0.5, 0.6) is 0 Å². The van der Waals surface area contributed by atoms with Gasteiger partial charge in [-0.05, 0) is 36.2 Å². The maximum atomic E-state index is 13.3. The second kappa shape index (κ2) is 9.91. The van der Waals surface area contributed by atoms with Gasteiger partial charge in [-0.15, -0.1) is 10.2 Å². The fourth-order valence-electron chi connectivity index (χ4n) is 3.76. The van der Waals surface area contributed by atoms with Crippen molar-refractivity contribution in [1.82, 2.24) is 25.0 Å². The maximum absolute atomic E-state index is 13.3. The van der Waals surface area contributed by atoms with Crippen LogP contribution >= 0.6 is 11.6 Å². The van der Waals surface area contributed by atoms with Crippen LogP contribution < -0.4 is 5.32 Å². The van der Waals surface area contributed by atoms with Gasteiger partial charge in [0.05, 0.1) is 6.54 Å². The molecule has 2 aromatic carbocycles. The summed E-state index contributed by atoms with van der Waals surface area (Å²) in [6.07, 6.45) is 1.57. The van der Waals surface area contributed by atoms with Crippen molar-refractivity contribution in [2.75, 3.05) is 13.1 Å². The summed E-state index contributed by atoms with van der Waals surface area (Å²) in [6.45, 7) is 1.82. The summed E-state index contributed by atoms with van der Waals surface area (Å²) >= 11 is 6.19. The van der Waals surface area contributed by atoms with Crippen molar-refractivity contribution in [3.8, 4) is 0 Å². The fraction of sp³-hybridized carbons (Fsp3) is 0.304. The molecule has 0 unspecified atom stereocenters. The van der Waals surface area contributed by atoms with Gasteiger partial charge >= 0.3 is 0 Å². The highest BCUT2D eigenvalue weighted by atomic mass is 35.5. The summed E-state index contributed by atoms with van der Waals surface area (Å²) < 4.78 is 15.3. The van der Waals surface area contributed by atoms with E-state index in [4.69, 9.17) is 11.6 Å². The lowest BCUT2D eigenvalue weighted by Crippen LogP contribution is -2.34. The Morgan fingerprint density at radius 2 is 1.91 bits per heavy atom. The summed E-state index contributed by atoms with van der Waals surface area (Å²) in [5.41, 5.74) is 1.21. The first-order valence-corrected chi connectivity index (χ1v) is 10.8. The van der Waals surface area contributed by atoms with Gasteiger partial charge in [0.1, 0.15) is 11.6 Å². The third-order valence-corrected chi connectivity index (χ3v) is 5.88. The number of benzene rings is 2. The number of hydrogen-bond acceptors (Lipinski definition) is 4. The molecule has 2 amide bonds. The van der Waals surface area contributed by atoms with Gasteiger partial charge < -0.3 is 14.8 Å². The first-order chi connectivity index (χ1) is 15.5. The lowest BCUT2D eigenvalue weighted by atomic mass is 10.1. The zero-order valence-corrected chi connectivity index (χ0v) is 18.2. The summed E-state index contributed by atoms with van der Waals surface area (Å²) in [4.78, 5) is 26.9. The van der Waals surface area contributed by atoms with Gasteiger partial charge in [0.25, 0.3) is 5.91 Å². The highest BCUT2D eigenvalue weighted by Crippen LogP contribution is 2.18. The van der Waals surface area contributed by atoms with Crippen LogP contribution in [0.15, 0.2) is 48.5 Å². The largest absolute Gasteiger partial charge is 0.345 e. The van der Waals surface area contributed by atoms with Crippen molar-refractivity contribution >= 4 is 23.4 Å². The van der Waals surface area contributed by atoms with Gasteiger partial charge in [-0.3, -0.25) is 9.59 Å². The van der Waals surface area contributed by atoms with Crippen LogP contribution in [-0.2, 0) is 30.7 Å². The lowest BCUT2D eigenvalue weighted by Gasteiger charge is -2.20. The summed E-state index contributed by atoms with van der Waals surface area (Å²) in [6, 6.07) is 13.1. The topological polar surface area (TPSA) is 80.1 Å². The Bertz CT molecular complexity index is 1130. The number of rotatable bonds is 6. The van der Waals surface area contributed by atoms with Crippen molar-refractivity contribution in [2.45, 2.75) is 32.4 Å². The van der Waals surface area contributed by atoms with E-state index in [0.717, 1.165) is 11.4 Å². The summed E-state index contributed by atoms with van der Waals surface area (Å²) in [5.74, 6) is 0.612. The van der Waals surface area contributed by atoms with Gasteiger partial charge in [-0.25, -0.2) is 4.39 Å². The number of amides is 2. The number of carbonyl (C=O) groups excluding carboxylic acids is 2. The minimum absolute atomic E-state index is 0.0737. The normalized spacial score (nSPS) is 13.4. The molecule has 0 spiro atoms. The van der Waals surface area contributed by atoms with E-state index in [1.807, 2.05) is 33.7 Å². The molecule has 0 bridgehead atoms. The molecule has 1 aromatic heterocycles. The van der Waals surface area contributed by atoms with Gasteiger partial charge in [0.2, 0.25) is 5.91 Å². The van der Waals surface area contributed by atoms with Gasteiger partial charge in [0.15, 0.2) is 5.82 Å². The Morgan fingerprint density at radius 1 is 1.06 bits per heavy atom. The van der Waals surface area contributed by atoms with Crippen LogP contribution in [0.3, 0.4) is 0 Å². The number of nitrogens with zero attached hydrogens (tertiary/aromatic N) is 4. The Morgan fingerprint density at radius 3 is 2.72 bits per heavy atom. The quantitative estimate of drug-likeness (QED) is 0.619. The fourth-order valence-corrected chi connectivity index (χ4v) is 3.99. The van der Waals surface area contributed by atoms with E-state index in [9.17, 15) is 14.0 Å². The number of hydrogen-bond donors (Lipinski definition) is 1. The molecule has 166 valence electrons. The minimum atomic E-state index is -0.465. The van der Waals surface area contributed by atoms with E-state index in [-0.39, 0.29) is 23.9 Å². The van der Waals surface area contributed by atoms with Crippen molar-refractivity contribution in [3.63, 3.8) is 0 Å². The molecule has 0 saturated carbocycles. The highest BCUT2D eigenvalue weighted by molar-refractivity contribution is 6.31. The molecule has 9 heteroatoms. The number of fused-ring (bicyclic) bond motifs is 1. The van der Waals surface area contributed by atoms with E-state index in [1.54, 1.807) is 6.07 Å². The minimum Gasteiger partial charge on any atom is -0.345 e. The second-order valence-electron chi connectivity index (χ2n) is 7.60. The zero-order chi connectivity index (χ0) is 22.5. The molecular formula is C23H23ClFN5O2. The zero-order valence-electron chi connectivity index (χ0n) is 17.4. The van der Waals surface area contributed by atoms with Gasteiger partial charge in [-0.1, -0.05) is 35.9 Å². The van der Waals surface area contributed by atoms with Crippen LogP contribution in [0, 0.1) is 5.82 Å². The molecule has 4 rings (SSSR count). The van der Waals surface area contributed by atoms with E-state index < -0.39 is 5.82 Å². The van der Waals surface area contributed by atoms with Crippen LogP contribution in [-0.4, -0.2) is 44.6 Å². The number of aryl methyl sites for hydroxylation is 1. The molecule has 3 aromatic rings. The van der Waals surface area contributed by atoms with Crippen LogP contribution in [0.1, 0.15) is 34.0 Å². The van der Waals surface area contributed by atoms with E-state index in [0.29, 0.717) is 49.7 Å². The van der Waals surface area contributed by atoms with Crippen molar-refractivity contribution in [3.05, 3.63) is 82.1 Å². The molecule has 0 saturated heterocycles. The number of nitrogens with one attached hydrogen (secondary N) is 1. The molecular weight excluding hydrogens is 433 g/mol. The van der Waals surface area contributed by atoms with E-state index in [1.165, 1.54) is 18.2 Å². The summed E-state index contributed by atoms with van der Waals surface area (Å²) in [5, 5.41) is 11.8. The first-order valence-electron chi connectivity index (χ1n) is 10.5. The average Bonchev–Trinajstić information content (AvgIpc) is 3.05. The Balaban J connectivity index is 1.33. The Hall–Kier alpha value is -3.26. The van der Waals surface area contributed by atoms with Crippen molar-refractivity contribution in [1.29, 1.82) is 0 Å². The standard InChI is InChI=1S/C23H23ClFN5O2/c24-19-7-2-1-4-16(19)8-9-22(31)29-11-10-20-27-28-21(30(20)13-12-29)15-26-23(32)17-5-3-6-18(25)14-17/h1-7,14H,8-13,15H2,(H,26,32). The average molecular weight is 456 g/mol. The lowest BCUT2D eigenvalue weighted by molar-refractivity contribution is -0.131. The third kappa shape index (κ3) is 5.13. The molecule has 0 atom stereocenters. The molecule has 1 aliphatic rings. The number of carbonyl (C=O) groups is 2. The highest BCUT2D eigenvalue weighted by Gasteiger charge is 2.22. The number of aromatic nitrogens is 3. The first kappa shape index (κ1) is 22.0. The predicted octanol–water partition coefficient (Wildman–Crippen LogP) is 3.02. The smallest absolute Gasteiger partial charge is 0.251 e. The predicted molar refractivity (Wildman–Crippen MR) is 118 cm³/mol. The van der Waals surface area contributed by atoms with Crippen molar-refractivity contribution < 1.29 is 14.0 Å². The summed E-state index contributed by atoms with van der Waals surface area (Å²) in [7, 11) is 0. The van der Waals surface area contributed by atoms with E-state index >= 15 is 0 Å². The molecule has 1 N–H and O–H groups in total. The molecule has 1 aliphatic heterocycles. The molecule has 7 nitrogen and oxygen atoms in total. The van der Waals surface area contributed by atoms with Crippen LogP contribution in [0.25, 0.3) is 0 Å². The maximum Gasteiger partial charge on any atom is 0.251 e. The van der Waals surface area contributed by atoms with Crippen molar-refractivity contribution in [2.24, 2.45) is 0 Å². The molecule has 0 aliphatic carbocycles. The monoisotopic (exact) mass is 455 g/mol. The molecule has 32 heavy (non-hydrogen) atoms. The van der Waals surface area contributed by atoms with Crippen LogP contribution in [0.2, 0.25) is 5.02 Å². The molecule has 0 fully saturated rings. The van der Waals surface area contributed by atoms with E-state index in [2.05, 4.69) is 15.5 Å². The van der Waals surface area contributed by atoms with Gasteiger partial charge in [0, 0.05) is 43.1 Å². The van der Waals surface area contributed by atoms with Gasteiger partial charge in [-0.2, -0.15) is 0 Å². The SMILES string of the molecule is O=C(NCc1nnc2n1CCN(C(=O)CCc1ccccc1Cl)CC2)c1cccc(F)c1. The second-order valence-corrected chi connectivity index (χ2v) is 8.01. The van der Waals surface area contributed by atoms with Crippen LogP contribution in [0.4, 0.5) is 4.39 Å². The molecule has 0 radical (unpaired) electrons.